The Kier molecular flexibility index (Phi) is 8.05. The van der Waals surface area contributed by atoms with E-state index in [9.17, 15) is 0 Å². The molecule has 2 aliphatic rings. The lowest BCUT2D eigenvalue weighted by atomic mass is 9.67. The second-order valence-corrected chi connectivity index (χ2v) is 16.3. The van der Waals surface area contributed by atoms with E-state index in [1.54, 1.807) is 0 Å². The smallest absolute Gasteiger partial charge is 0.0714 e. The van der Waals surface area contributed by atoms with Gasteiger partial charge in [0.05, 0.1) is 10.8 Å². The Morgan fingerprint density at radius 1 is 0.262 bits per heavy atom. The van der Waals surface area contributed by atoms with Crippen LogP contribution in [0.1, 0.15) is 44.5 Å². The molecule has 0 N–H and O–H groups in total. The fraction of sp³-hybridized carbons (Fsp3) is 0.0333. The molecule has 0 unspecified atom stereocenters. The molecule has 0 fully saturated rings. The average Bonchev–Trinajstić information content (AvgIpc) is 3.81. The van der Waals surface area contributed by atoms with Crippen molar-refractivity contribution in [1.29, 1.82) is 0 Å². The third kappa shape index (κ3) is 5.08. The molecule has 0 amide bonds. The van der Waals surface area contributed by atoms with Crippen LogP contribution in [0.15, 0.2) is 249 Å². The number of para-hydroxylation sites is 1. The summed E-state index contributed by atoms with van der Waals surface area (Å²) in [6.07, 6.45) is 0. The Hall–Kier alpha value is -7.74. The SMILES string of the molecule is c1ccc(N(c2ccc3c(c2)-c2c(ccc4ccccc24)C3(c2ccccc2)c2ccccc2)c2ccc3c(c2)C(c2ccccc2)(c2ccccc2)c2ccccc2-3)cc1. The summed E-state index contributed by atoms with van der Waals surface area (Å²) in [6.45, 7) is 0. The van der Waals surface area contributed by atoms with Gasteiger partial charge in [-0.2, -0.15) is 0 Å². The van der Waals surface area contributed by atoms with Gasteiger partial charge < -0.3 is 4.90 Å². The van der Waals surface area contributed by atoms with Crippen LogP contribution in [0.5, 0.6) is 0 Å². The van der Waals surface area contributed by atoms with Gasteiger partial charge in [0, 0.05) is 17.1 Å². The molecule has 286 valence electrons. The standard InChI is InChI=1S/C60H41N/c1-6-21-43(22-7-1)59(44-23-8-2-9-24-44)55-39-36-48(40-53(55)58-50-31-17-16-20-42(50)34-38-56(58)59)61(47-29-14-5-15-30-47)49-35-37-52-51-32-18-19-33-54(51)60(57(52)41-49,45-25-10-3-11-26-45)46-27-12-4-13-28-46/h1-41H. The van der Waals surface area contributed by atoms with Crippen molar-refractivity contribution in [3.63, 3.8) is 0 Å². The van der Waals surface area contributed by atoms with Crippen molar-refractivity contribution >= 4 is 27.8 Å². The molecule has 61 heavy (non-hydrogen) atoms. The van der Waals surface area contributed by atoms with E-state index >= 15 is 0 Å². The number of hydrogen-bond donors (Lipinski definition) is 0. The molecule has 0 saturated carbocycles. The number of nitrogens with zero attached hydrogens (tertiary/aromatic N) is 1. The summed E-state index contributed by atoms with van der Waals surface area (Å²) in [6, 6.07) is 92.2. The monoisotopic (exact) mass is 775 g/mol. The number of rotatable bonds is 7. The Morgan fingerprint density at radius 3 is 1.33 bits per heavy atom. The number of anilines is 3. The first-order chi connectivity index (χ1) is 30.3. The van der Waals surface area contributed by atoms with E-state index in [1.165, 1.54) is 77.5 Å². The van der Waals surface area contributed by atoms with Gasteiger partial charge in [0.2, 0.25) is 0 Å². The molecule has 0 spiro atoms. The second kappa shape index (κ2) is 13.9. The van der Waals surface area contributed by atoms with Crippen LogP contribution in [-0.4, -0.2) is 0 Å². The van der Waals surface area contributed by atoms with Crippen molar-refractivity contribution < 1.29 is 0 Å². The summed E-state index contributed by atoms with van der Waals surface area (Å²) >= 11 is 0. The minimum absolute atomic E-state index is 0.502. The average molecular weight is 776 g/mol. The van der Waals surface area contributed by atoms with E-state index in [0.29, 0.717) is 0 Å². The number of fused-ring (bicyclic) bond motifs is 8. The summed E-state index contributed by atoms with van der Waals surface area (Å²) in [5.41, 5.74) is 17.7. The molecule has 0 heterocycles. The number of hydrogen-bond acceptors (Lipinski definition) is 1. The lowest BCUT2D eigenvalue weighted by Gasteiger charge is -2.35. The Morgan fingerprint density at radius 2 is 0.705 bits per heavy atom. The Labute approximate surface area is 357 Å². The van der Waals surface area contributed by atoms with Crippen molar-refractivity contribution in [2.45, 2.75) is 10.8 Å². The Balaban J connectivity index is 1.14. The maximum atomic E-state index is 2.47. The highest BCUT2D eigenvalue weighted by molar-refractivity contribution is 6.05. The van der Waals surface area contributed by atoms with Crippen LogP contribution in [0, 0.1) is 0 Å². The fourth-order valence-corrected chi connectivity index (χ4v) is 11.0. The molecule has 2 aliphatic carbocycles. The first kappa shape index (κ1) is 35.2. The van der Waals surface area contributed by atoms with Crippen LogP contribution >= 0.6 is 0 Å². The third-order valence-corrected chi connectivity index (χ3v) is 13.4. The molecule has 1 heteroatoms. The molecular weight excluding hydrogens is 735 g/mol. The maximum Gasteiger partial charge on any atom is 0.0714 e. The molecule has 0 aromatic heterocycles. The van der Waals surface area contributed by atoms with E-state index in [-0.39, 0.29) is 0 Å². The zero-order valence-electron chi connectivity index (χ0n) is 33.6. The van der Waals surface area contributed by atoms with Gasteiger partial charge in [0.25, 0.3) is 0 Å². The summed E-state index contributed by atoms with van der Waals surface area (Å²) in [5, 5.41) is 2.51. The van der Waals surface area contributed by atoms with Gasteiger partial charge in [-0.05, 0) is 114 Å². The van der Waals surface area contributed by atoms with Crippen LogP contribution in [0.25, 0.3) is 33.0 Å². The van der Waals surface area contributed by atoms with E-state index in [4.69, 9.17) is 0 Å². The van der Waals surface area contributed by atoms with Crippen molar-refractivity contribution in [3.05, 3.63) is 293 Å². The molecule has 10 aromatic carbocycles. The normalized spacial score (nSPS) is 13.8. The lowest BCUT2D eigenvalue weighted by molar-refractivity contribution is 0.768. The van der Waals surface area contributed by atoms with Crippen LogP contribution < -0.4 is 4.90 Å². The molecule has 0 aliphatic heterocycles. The minimum Gasteiger partial charge on any atom is -0.310 e. The molecule has 0 radical (unpaired) electrons. The Bertz CT molecular complexity index is 3150. The summed E-state index contributed by atoms with van der Waals surface area (Å²) < 4.78 is 0. The second-order valence-electron chi connectivity index (χ2n) is 16.3. The number of benzene rings is 10. The largest absolute Gasteiger partial charge is 0.310 e. The molecule has 10 aromatic rings. The summed E-state index contributed by atoms with van der Waals surface area (Å²) in [4.78, 5) is 2.46. The zero-order valence-corrected chi connectivity index (χ0v) is 33.6. The lowest BCUT2D eigenvalue weighted by Crippen LogP contribution is -2.29. The van der Waals surface area contributed by atoms with Crippen molar-refractivity contribution in [3.8, 4) is 22.3 Å². The molecule has 0 atom stereocenters. The van der Waals surface area contributed by atoms with Crippen LogP contribution in [0.4, 0.5) is 17.1 Å². The highest BCUT2D eigenvalue weighted by Gasteiger charge is 2.48. The molecular formula is C60H41N. The minimum atomic E-state index is -0.506. The van der Waals surface area contributed by atoms with Crippen molar-refractivity contribution in [2.75, 3.05) is 4.90 Å². The van der Waals surface area contributed by atoms with Gasteiger partial charge in [-0.25, -0.2) is 0 Å². The summed E-state index contributed by atoms with van der Waals surface area (Å²) in [5.74, 6) is 0. The highest BCUT2D eigenvalue weighted by atomic mass is 15.1. The van der Waals surface area contributed by atoms with Crippen LogP contribution in [0.3, 0.4) is 0 Å². The van der Waals surface area contributed by atoms with Gasteiger partial charge in [-0.3, -0.25) is 0 Å². The molecule has 0 bridgehead atoms. The van der Waals surface area contributed by atoms with E-state index in [0.717, 1.165) is 17.1 Å². The first-order valence-corrected chi connectivity index (χ1v) is 21.3. The third-order valence-electron chi connectivity index (χ3n) is 13.4. The van der Waals surface area contributed by atoms with Crippen molar-refractivity contribution in [1.82, 2.24) is 0 Å². The van der Waals surface area contributed by atoms with Gasteiger partial charge in [-0.15, -0.1) is 0 Å². The van der Waals surface area contributed by atoms with Gasteiger partial charge in [-0.1, -0.05) is 212 Å². The van der Waals surface area contributed by atoms with Gasteiger partial charge in [0.15, 0.2) is 0 Å². The van der Waals surface area contributed by atoms with Crippen LogP contribution in [-0.2, 0) is 10.8 Å². The first-order valence-electron chi connectivity index (χ1n) is 21.3. The van der Waals surface area contributed by atoms with Gasteiger partial charge in [0.1, 0.15) is 0 Å². The zero-order chi connectivity index (χ0) is 40.4. The van der Waals surface area contributed by atoms with Crippen LogP contribution in [0.2, 0.25) is 0 Å². The van der Waals surface area contributed by atoms with E-state index in [2.05, 4.69) is 254 Å². The van der Waals surface area contributed by atoms with Gasteiger partial charge >= 0.3 is 0 Å². The van der Waals surface area contributed by atoms with E-state index in [1.807, 2.05) is 0 Å². The topological polar surface area (TPSA) is 3.24 Å². The van der Waals surface area contributed by atoms with Crippen molar-refractivity contribution in [2.24, 2.45) is 0 Å². The molecule has 0 saturated heterocycles. The predicted octanol–water partition coefficient (Wildman–Crippen LogP) is 15.0. The highest BCUT2D eigenvalue weighted by Crippen LogP contribution is 2.60. The molecule has 1 nitrogen and oxygen atoms in total. The van der Waals surface area contributed by atoms with E-state index < -0.39 is 10.8 Å². The quantitative estimate of drug-likeness (QED) is 0.156. The maximum absolute atomic E-state index is 2.47. The predicted molar refractivity (Wildman–Crippen MR) is 253 cm³/mol. The molecule has 12 rings (SSSR count). The fourth-order valence-electron chi connectivity index (χ4n) is 11.0. The summed E-state index contributed by atoms with van der Waals surface area (Å²) in [7, 11) is 0.